The maximum atomic E-state index is 13.0. The first-order valence-electron chi connectivity index (χ1n) is 10.0. The SMILES string of the molecule is O=C(C=Cc1ccc2c(c1)OCCO2)N1CCCCC1c1nc2ccccc2s1. The minimum atomic E-state index is 0.0313. The number of nitrogens with zero attached hydrogens (tertiary/aromatic N) is 2. The Morgan fingerprint density at radius 1 is 1.10 bits per heavy atom. The lowest BCUT2D eigenvalue weighted by molar-refractivity contribution is -0.129. The quantitative estimate of drug-likeness (QED) is 0.585. The normalized spacial score (nSPS) is 19.0. The fourth-order valence-corrected chi connectivity index (χ4v) is 5.03. The molecule has 148 valence electrons. The van der Waals surface area contributed by atoms with E-state index in [1.54, 1.807) is 17.4 Å². The van der Waals surface area contributed by atoms with Crippen molar-refractivity contribution in [2.45, 2.75) is 25.3 Å². The smallest absolute Gasteiger partial charge is 0.247 e. The average molecular weight is 407 g/mol. The average Bonchev–Trinajstić information content (AvgIpc) is 3.21. The van der Waals surface area contributed by atoms with Gasteiger partial charge in [-0.15, -0.1) is 11.3 Å². The van der Waals surface area contributed by atoms with E-state index in [1.165, 1.54) is 4.70 Å². The van der Waals surface area contributed by atoms with Gasteiger partial charge in [-0.3, -0.25) is 4.79 Å². The number of rotatable bonds is 3. The van der Waals surface area contributed by atoms with E-state index in [0.717, 1.165) is 53.4 Å². The van der Waals surface area contributed by atoms with Crippen molar-refractivity contribution in [3.05, 3.63) is 59.1 Å². The fourth-order valence-electron chi connectivity index (χ4n) is 3.91. The van der Waals surface area contributed by atoms with Crippen molar-refractivity contribution in [1.82, 2.24) is 9.88 Å². The standard InChI is InChI=1S/C23H22N2O3S/c26-22(11-9-16-8-10-19-20(15-16)28-14-13-27-19)25-12-4-3-6-18(25)23-24-17-5-1-2-7-21(17)29-23/h1-2,5,7-11,15,18H,3-4,6,12-14H2. The number of carbonyl (C=O) groups is 1. The first-order chi connectivity index (χ1) is 14.3. The molecule has 1 fully saturated rings. The molecule has 1 unspecified atom stereocenters. The number of likely N-dealkylation sites (tertiary alicyclic amines) is 1. The van der Waals surface area contributed by atoms with Crippen LogP contribution in [0.3, 0.4) is 0 Å². The second kappa shape index (κ2) is 7.87. The summed E-state index contributed by atoms with van der Waals surface area (Å²) in [4.78, 5) is 19.8. The second-order valence-electron chi connectivity index (χ2n) is 7.30. The zero-order chi connectivity index (χ0) is 19.6. The summed E-state index contributed by atoms with van der Waals surface area (Å²) in [7, 11) is 0. The predicted molar refractivity (Wildman–Crippen MR) is 114 cm³/mol. The van der Waals surface area contributed by atoms with E-state index in [0.29, 0.717) is 13.2 Å². The first-order valence-corrected chi connectivity index (χ1v) is 10.8. The van der Waals surface area contributed by atoms with Gasteiger partial charge in [0.1, 0.15) is 18.2 Å². The largest absolute Gasteiger partial charge is 0.486 e. The highest BCUT2D eigenvalue weighted by Gasteiger charge is 2.29. The zero-order valence-corrected chi connectivity index (χ0v) is 16.9. The lowest BCUT2D eigenvalue weighted by atomic mass is 10.0. The summed E-state index contributed by atoms with van der Waals surface area (Å²) >= 11 is 1.70. The Labute approximate surface area is 173 Å². The third-order valence-corrected chi connectivity index (χ3v) is 6.50. The number of hydrogen-bond donors (Lipinski definition) is 0. The van der Waals surface area contributed by atoms with Crippen LogP contribution in [-0.2, 0) is 4.79 Å². The number of piperidine rings is 1. The highest BCUT2D eigenvalue weighted by atomic mass is 32.1. The molecule has 0 aliphatic carbocycles. The van der Waals surface area contributed by atoms with Crippen molar-refractivity contribution in [2.75, 3.05) is 19.8 Å². The summed E-state index contributed by atoms with van der Waals surface area (Å²) in [5.74, 6) is 1.52. The van der Waals surface area contributed by atoms with Gasteiger partial charge in [0.25, 0.3) is 0 Å². The molecule has 0 N–H and O–H groups in total. The van der Waals surface area contributed by atoms with Crippen LogP contribution >= 0.6 is 11.3 Å². The maximum absolute atomic E-state index is 13.0. The van der Waals surface area contributed by atoms with Gasteiger partial charge in [0.15, 0.2) is 11.5 Å². The van der Waals surface area contributed by atoms with Crippen LogP contribution in [0, 0.1) is 0 Å². The van der Waals surface area contributed by atoms with E-state index in [-0.39, 0.29) is 11.9 Å². The van der Waals surface area contributed by atoms with Crippen LogP contribution in [0.4, 0.5) is 0 Å². The van der Waals surface area contributed by atoms with E-state index in [9.17, 15) is 4.79 Å². The Kier molecular flexibility index (Phi) is 4.94. The third kappa shape index (κ3) is 3.72. The number of aromatic nitrogens is 1. The predicted octanol–water partition coefficient (Wildman–Crippen LogP) is 4.83. The molecule has 3 aromatic rings. The molecule has 1 saturated heterocycles. The molecule has 29 heavy (non-hydrogen) atoms. The topological polar surface area (TPSA) is 51.7 Å². The summed E-state index contributed by atoms with van der Waals surface area (Å²) in [5.41, 5.74) is 1.94. The van der Waals surface area contributed by atoms with Crippen molar-refractivity contribution in [2.24, 2.45) is 0 Å². The molecule has 3 heterocycles. The van der Waals surface area contributed by atoms with Crippen LogP contribution in [-0.4, -0.2) is 35.5 Å². The summed E-state index contributed by atoms with van der Waals surface area (Å²) in [6.07, 6.45) is 6.63. The fraction of sp³-hybridized carbons (Fsp3) is 0.304. The lowest BCUT2D eigenvalue weighted by Gasteiger charge is -2.33. The van der Waals surface area contributed by atoms with E-state index in [4.69, 9.17) is 14.5 Å². The van der Waals surface area contributed by atoms with Crippen molar-refractivity contribution >= 4 is 33.5 Å². The minimum absolute atomic E-state index is 0.0313. The van der Waals surface area contributed by atoms with Crippen molar-refractivity contribution < 1.29 is 14.3 Å². The Hall–Kier alpha value is -2.86. The number of thiazole rings is 1. The highest BCUT2D eigenvalue weighted by molar-refractivity contribution is 7.18. The van der Waals surface area contributed by atoms with E-state index in [2.05, 4.69) is 6.07 Å². The lowest BCUT2D eigenvalue weighted by Crippen LogP contribution is -2.37. The minimum Gasteiger partial charge on any atom is -0.486 e. The number of fused-ring (bicyclic) bond motifs is 2. The molecule has 5 rings (SSSR count). The van der Waals surface area contributed by atoms with Gasteiger partial charge in [0.2, 0.25) is 5.91 Å². The monoisotopic (exact) mass is 406 g/mol. The molecule has 0 radical (unpaired) electrons. The molecule has 0 saturated carbocycles. The second-order valence-corrected chi connectivity index (χ2v) is 8.36. The molecule has 2 aromatic carbocycles. The van der Waals surface area contributed by atoms with Gasteiger partial charge in [-0.1, -0.05) is 18.2 Å². The molecular formula is C23H22N2O3S. The summed E-state index contributed by atoms with van der Waals surface area (Å²) in [5, 5.41) is 1.03. The number of amides is 1. The molecule has 5 nitrogen and oxygen atoms in total. The van der Waals surface area contributed by atoms with Crippen molar-refractivity contribution in [3.63, 3.8) is 0 Å². The molecule has 6 heteroatoms. The Balaban J connectivity index is 1.36. The van der Waals surface area contributed by atoms with Gasteiger partial charge in [0, 0.05) is 12.6 Å². The van der Waals surface area contributed by atoms with Gasteiger partial charge < -0.3 is 14.4 Å². The first kappa shape index (κ1) is 18.2. The van der Waals surface area contributed by atoms with Crippen molar-refractivity contribution in [1.29, 1.82) is 0 Å². The summed E-state index contributed by atoms with van der Waals surface area (Å²) in [6, 6.07) is 14.0. The van der Waals surface area contributed by atoms with Gasteiger partial charge in [0.05, 0.1) is 16.3 Å². The molecular weight excluding hydrogens is 384 g/mol. The highest BCUT2D eigenvalue weighted by Crippen LogP contribution is 2.36. The Bertz CT molecular complexity index is 1040. The molecule has 2 aliphatic rings. The molecule has 0 spiro atoms. The van der Waals surface area contributed by atoms with Gasteiger partial charge in [-0.25, -0.2) is 4.98 Å². The van der Waals surface area contributed by atoms with Crippen LogP contribution in [0.2, 0.25) is 0 Å². The van der Waals surface area contributed by atoms with E-state index < -0.39 is 0 Å². The molecule has 1 amide bonds. The van der Waals surface area contributed by atoms with Crippen LogP contribution < -0.4 is 9.47 Å². The van der Waals surface area contributed by atoms with E-state index >= 15 is 0 Å². The van der Waals surface area contributed by atoms with Gasteiger partial charge in [-0.05, 0) is 55.2 Å². The Morgan fingerprint density at radius 3 is 2.86 bits per heavy atom. The van der Waals surface area contributed by atoms with E-state index in [1.807, 2.05) is 47.4 Å². The van der Waals surface area contributed by atoms with Crippen LogP contribution in [0.5, 0.6) is 11.5 Å². The van der Waals surface area contributed by atoms with Gasteiger partial charge >= 0.3 is 0 Å². The molecule has 0 bridgehead atoms. The molecule has 1 atom stereocenters. The molecule has 1 aromatic heterocycles. The zero-order valence-electron chi connectivity index (χ0n) is 16.0. The van der Waals surface area contributed by atoms with Crippen LogP contribution in [0.25, 0.3) is 16.3 Å². The maximum Gasteiger partial charge on any atom is 0.247 e. The number of ether oxygens (including phenoxy) is 2. The number of benzene rings is 2. The number of para-hydroxylation sites is 1. The number of carbonyl (C=O) groups excluding carboxylic acids is 1. The third-order valence-electron chi connectivity index (χ3n) is 5.37. The van der Waals surface area contributed by atoms with Crippen LogP contribution in [0.15, 0.2) is 48.5 Å². The summed E-state index contributed by atoms with van der Waals surface area (Å²) < 4.78 is 12.4. The molecule has 2 aliphatic heterocycles. The van der Waals surface area contributed by atoms with Crippen molar-refractivity contribution in [3.8, 4) is 11.5 Å². The van der Waals surface area contributed by atoms with Crippen LogP contribution in [0.1, 0.15) is 35.9 Å². The van der Waals surface area contributed by atoms with Gasteiger partial charge in [-0.2, -0.15) is 0 Å². The Morgan fingerprint density at radius 2 is 1.97 bits per heavy atom. The summed E-state index contributed by atoms with van der Waals surface area (Å²) in [6.45, 7) is 1.89. The number of hydrogen-bond acceptors (Lipinski definition) is 5.